The molecule has 1 atom stereocenters. The summed E-state index contributed by atoms with van der Waals surface area (Å²) < 4.78 is 38.2. The first-order valence-corrected chi connectivity index (χ1v) is 9.85. The molecule has 0 spiro atoms. The van der Waals surface area contributed by atoms with Gasteiger partial charge in [0.1, 0.15) is 11.5 Å². The first kappa shape index (κ1) is 20.2. The molecule has 0 aliphatic carbocycles. The molecule has 0 unspecified atom stereocenters. The van der Waals surface area contributed by atoms with Crippen LogP contribution in [0.15, 0.2) is 51.8 Å². The Bertz CT molecular complexity index is 885. The van der Waals surface area contributed by atoms with E-state index in [1.54, 1.807) is 30.3 Å². The van der Waals surface area contributed by atoms with Gasteiger partial charge in [0.25, 0.3) is 0 Å². The Morgan fingerprint density at radius 3 is 2.31 bits per heavy atom. The van der Waals surface area contributed by atoms with Crippen molar-refractivity contribution in [3.8, 4) is 11.5 Å². The van der Waals surface area contributed by atoms with Gasteiger partial charge in [0.2, 0.25) is 15.9 Å². The minimum absolute atomic E-state index is 0.0716. The third kappa shape index (κ3) is 4.96. The fourth-order valence-electron chi connectivity index (χ4n) is 2.11. The van der Waals surface area contributed by atoms with Crippen LogP contribution in [0.5, 0.6) is 11.5 Å². The van der Waals surface area contributed by atoms with E-state index in [1.165, 1.54) is 33.3 Å². The molecule has 0 saturated carbocycles. The highest BCUT2D eigenvalue weighted by atomic mass is 79.9. The summed E-state index contributed by atoms with van der Waals surface area (Å²) in [6.07, 6.45) is 0. The molecule has 0 aliphatic heterocycles. The zero-order valence-corrected chi connectivity index (χ0v) is 16.8. The number of hydrogen-bond acceptors (Lipinski definition) is 5. The van der Waals surface area contributed by atoms with Crippen molar-refractivity contribution in [1.29, 1.82) is 0 Å². The summed E-state index contributed by atoms with van der Waals surface area (Å²) in [6.45, 7) is 1.46. The Balaban J connectivity index is 2.11. The van der Waals surface area contributed by atoms with Crippen LogP contribution in [0.4, 0.5) is 5.69 Å². The predicted octanol–water partition coefficient (Wildman–Crippen LogP) is 2.77. The summed E-state index contributed by atoms with van der Waals surface area (Å²) in [7, 11) is -0.841. The molecule has 0 radical (unpaired) electrons. The Morgan fingerprint density at radius 1 is 1.08 bits per heavy atom. The number of methoxy groups -OCH3 is 2. The number of sulfonamides is 1. The van der Waals surface area contributed by atoms with Gasteiger partial charge < -0.3 is 14.8 Å². The largest absolute Gasteiger partial charge is 0.497 e. The van der Waals surface area contributed by atoms with Crippen molar-refractivity contribution < 1.29 is 22.7 Å². The van der Waals surface area contributed by atoms with Crippen molar-refractivity contribution in [3.63, 3.8) is 0 Å². The average Bonchev–Trinajstić information content (AvgIpc) is 2.61. The topological polar surface area (TPSA) is 93.7 Å². The van der Waals surface area contributed by atoms with Gasteiger partial charge in [0.05, 0.1) is 30.8 Å². The van der Waals surface area contributed by atoms with E-state index in [4.69, 9.17) is 9.47 Å². The van der Waals surface area contributed by atoms with Crippen molar-refractivity contribution >= 4 is 37.5 Å². The molecule has 2 aromatic carbocycles. The molecule has 7 nitrogen and oxygen atoms in total. The lowest BCUT2D eigenvalue weighted by Crippen LogP contribution is -2.41. The molecule has 1 amide bonds. The number of amides is 1. The molecule has 0 heterocycles. The van der Waals surface area contributed by atoms with Gasteiger partial charge in [-0.1, -0.05) is 15.9 Å². The molecule has 0 fully saturated rings. The zero-order chi connectivity index (χ0) is 19.3. The maximum atomic E-state index is 12.4. The van der Waals surface area contributed by atoms with Gasteiger partial charge in [0, 0.05) is 10.5 Å². The van der Waals surface area contributed by atoms with E-state index in [-0.39, 0.29) is 4.90 Å². The molecule has 9 heteroatoms. The van der Waals surface area contributed by atoms with Crippen LogP contribution >= 0.6 is 15.9 Å². The Hall–Kier alpha value is -2.10. The van der Waals surface area contributed by atoms with Crippen LogP contribution in [0.1, 0.15) is 6.92 Å². The van der Waals surface area contributed by atoms with Gasteiger partial charge in [-0.3, -0.25) is 4.79 Å². The van der Waals surface area contributed by atoms with Gasteiger partial charge in [0.15, 0.2) is 0 Å². The fraction of sp³-hybridized carbons (Fsp3) is 0.235. The second-order valence-electron chi connectivity index (χ2n) is 5.35. The lowest BCUT2D eigenvalue weighted by atomic mass is 10.2. The molecule has 0 bridgehead atoms. The number of hydrogen-bond donors (Lipinski definition) is 2. The number of ether oxygens (including phenoxy) is 2. The number of carbonyl (C=O) groups is 1. The van der Waals surface area contributed by atoms with Gasteiger partial charge in [-0.05, 0) is 43.3 Å². The molecule has 2 N–H and O–H groups in total. The second kappa shape index (κ2) is 8.52. The van der Waals surface area contributed by atoms with Crippen LogP contribution in [0.2, 0.25) is 0 Å². The standard InChI is InChI=1S/C17H19BrN2O5S/c1-11(20-26(22,23)14-7-4-12(18)5-8-14)17(21)19-15-9-6-13(24-2)10-16(15)25-3/h4-11,20H,1-3H3,(H,19,21)/t11-/m1/s1. The smallest absolute Gasteiger partial charge is 0.242 e. The number of halogens is 1. The lowest BCUT2D eigenvalue weighted by molar-refractivity contribution is -0.117. The van der Waals surface area contributed by atoms with E-state index < -0.39 is 22.0 Å². The van der Waals surface area contributed by atoms with Crippen LogP contribution in [0.3, 0.4) is 0 Å². The van der Waals surface area contributed by atoms with E-state index in [1.807, 2.05) is 0 Å². The highest BCUT2D eigenvalue weighted by Gasteiger charge is 2.22. The zero-order valence-electron chi connectivity index (χ0n) is 14.4. The maximum Gasteiger partial charge on any atom is 0.242 e. The molecular weight excluding hydrogens is 424 g/mol. The van der Waals surface area contributed by atoms with Gasteiger partial charge in [-0.15, -0.1) is 0 Å². The summed E-state index contributed by atoms with van der Waals surface area (Å²) in [6, 6.07) is 10.0. The van der Waals surface area contributed by atoms with Crippen LogP contribution in [-0.2, 0) is 14.8 Å². The van der Waals surface area contributed by atoms with Crippen molar-refractivity contribution in [2.45, 2.75) is 17.9 Å². The summed E-state index contributed by atoms with van der Waals surface area (Å²) in [5, 5.41) is 2.64. The Kier molecular flexibility index (Phi) is 6.63. The average molecular weight is 443 g/mol. The number of benzene rings is 2. The van der Waals surface area contributed by atoms with E-state index >= 15 is 0 Å². The summed E-state index contributed by atoms with van der Waals surface area (Å²) in [4.78, 5) is 12.4. The van der Waals surface area contributed by atoms with Gasteiger partial charge in [-0.25, -0.2) is 8.42 Å². The third-order valence-corrected chi connectivity index (χ3v) is 5.60. The third-order valence-electron chi connectivity index (χ3n) is 3.52. The summed E-state index contributed by atoms with van der Waals surface area (Å²) >= 11 is 3.25. The maximum absolute atomic E-state index is 12.4. The second-order valence-corrected chi connectivity index (χ2v) is 7.98. The van der Waals surface area contributed by atoms with E-state index in [9.17, 15) is 13.2 Å². The summed E-state index contributed by atoms with van der Waals surface area (Å²) in [5.41, 5.74) is 0.410. The van der Waals surface area contributed by atoms with Crippen LogP contribution in [-0.4, -0.2) is 34.6 Å². The first-order chi connectivity index (χ1) is 12.3. The van der Waals surface area contributed by atoms with Crippen LogP contribution in [0.25, 0.3) is 0 Å². The molecule has 140 valence electrons. The molecule has 0 saturated heterocycles. The van der Waals surface area contributed by atoms with Crippen molar-refractivity contribution in [1.82, 2.24) is 4.72 Å². The van der Waals surface area contributed by atoms with Crippen molar-refractivity contribution in [3.05, 3.63) is 46.9 Å². The lowest BCUT2D eigenvalue weighted by Gasteiger charge is -2.16. The van der Waals surface area contributed by atoms with Crippen LogP contribution in [0, 0.1) is 0 Å². The molecular formula is C17H19BrN2O5S. The van der Waals surface area contributed by atoms with E-state index in [0.29, 0.717) is 17.2 Å². The molecule has 2 aromatic rings. The predicted molar refractivity (Wildman–Crippen MR) is 102 cm³/mol. The van der Waals surface area contributed by atoms with Crippen molar-refractivity contribution in [2.75, 3.05) is 19.5 Å². The van der Waals surface area contributed by atoms with Crippen LogP contribution < -0.4 is 19.5 Å². The minimum atomic E-state index is -3.82. The van der Waals surface area contributed by atoms with E-state index in [2.05, 4.69) is 26.0 Å². The highest BCUT2D eigenvalue weighted by Crippen LogP contribution is 2.29. The molecule has 0 aliphatic rings. The molecule has 26 heavy (non-hydrogen) atoms. The molecule has 2 rings (SSSR count). The Labute approximate surface area is 160 Å². The quantitative estimate of drug-likeness (QED) is 0.687. The number of carbonyl (C=O) groups excluding carboxylic acids is 1. The monoisotopic (exact) mass is 442 g/mol. The Morgan fingerprint density at radius 2 is 1.73 bits per heavy atom. The van der Waals surface area contributed by atoms with Gasteiger partial charge in [-0.2, -0.15) is 4.72 Å². The van der Waals surface area contributed by atoms with Crippen molar-refractivity contribution in [2.24, 2.45) is 0 Å². The fourth-order valence-corrected chi connectivity index (χ4v) is 3.58. The highest BCUT2D eigenvalue weighted by molar-refractivity contribution is 9.10. The number of anilines is 1. The minimum Gasteiger partial charge on any atom is -0.497 e. The number of nitrogens with one attached hydrogen (secondary N) is 2. The first-order valence-electron chi connectivity index (χ1n) is 7.57. The SMILES string of the molecule is COc1ccc(NC(=O)[C@@H](C)NS(=O)(=O)c2ccc(Br)cc2)c(OC)c1. The molecule has 0 aromatic heterocycles. The summed E-state index contributed by atoms with van der Waals surface area (Å²) in [5.74, 6) is 0.457. The van der Waals surface area contributed by atoms with E-state index in [0.717, 1.165) is 4.47 Å². The van der Waals surface area contributed by atoms with Gasteiger partial charge >= 0.3 is 0 Å². The number of rotatable bonds is 7. The normalized spacial score (nSPS) is 12.3.